The Labute approximate surface area is 337 Å². The van der Waals surface area contributed by atoms with Crippen molar-refractivity contribution in [1.82, 2.24) is 0 Å². The number of rotatable bonds is 40. The van der Waals surface area contributed by atoms with E-state index in [2.05, 4.69) is 98.9 Å². The number of allylic oxidation sites excluding steroid dienone is 14. The molecule has 9 heteroatoms. The van der Waals surface area contributed by atoms with Crippen molar-refractivity contribution in [1.29, 1.82) is 0 Å². The van der Waals surface area contributed by atoms with Crippen LogP contribution in [0.25, 0.3) is 0 Å². The van der Waals surface area contributed by atoms with E-state index in [0.717, 1.165) is 70.6 Å². The number of esters is 1. The zero-order valence-electron chi connectivity index (χ0n) is 34.9. The minimum absolute atomic E-state index is 0.0876. The van der Waals surface area contributed by atoms with Gasteiger partial charge in [-0.3, -0.25) is 13.8 Å². The number of carbonyl (C=O) groups excluding carboxylic acids is 1. The number of unbranched alkanes of at least 4 members (excludes halogenated alkanes) is 13. The van der Waals surface area contributed by atoms with Crippen molar-refractivity contribution in [3.63, 3.8) is 0 Å². The lowest BCUT2D eigenvalue weighted by atomic mass is 10.1. The van der Waals surface area contributed by atoms with Crippen LogP contribution >= 0.6 is 7.82 Å². The second-order valence-corrected chi connectivity index (χ2v) is 15.3. The lowest BCUT2D eigenvalue weighted by molar-refractivity contribution is -0.154. The summed E-state index contributed by atoms with van der Waals surface area (Å²) in [6, 6.07) is 0. The maximum Gasteiger partial charge on any atom is 0.472 e. The molecule has 0 saturated carbocycles. The number of ether oxygens (including phenoxy) is 2. The molecule has 0 saturated heterocycles. The first kappa shape index (κ1) is 52.7. The average Bonchev–Trinajstić information content (AvgIpc) is 3.17. The Kier molecular flexibility index (Phi) is 41.0. The fourth-order valence-electron chi connectivity index (χ4n) is 5.40. The summed E-state index contributed by atoms with van der Waals surface area (Å²) < 4.78 is 33.4. The van der Waals surface area contributed by atoms with Gasteiger partial charge < -0.3 is 20.1 Å². The molecule has 0 aromatic heterocycles. The number of phosphoric acid groups is 1. The lowest BCUT2D eigenvalue weighted by Crippen LogP contribution is -2.28. The first-order valence-corrected chi connectivity index (χ1v) is 23.1. The van der Waals surface area contributed by atoms with E-state index in [1.807, 2.05) is 0 Å². The molecule has 55 heavy (non-hydrogen) atoms. The summed E-state index contributed by atoms with van der Waals surface area (Å²) >= 11 is 0. The molecule has 0 aliphatic rings. The summed E-state index contributed by atoms with van der Waals surface area (Å²) in [6.45, 7) is 4.70. The lowest BCUT2D eigenvalue weighted by Gasteiger charge is -2.20. The van der Waals surface area contributed by atoms with Gasteiger partial charge in [-0.2, -0.15) is 0 Å². The molecule has 0 fully saturated rings. The van der Waals surface area contributed by atoms with Crippen LogP contribution in [0.3, 0.4) is 0 Å². The summed E-state index contributed by atoms with van der Waals surface area (Å²) in [4.78, 5) is 22.5. The quantitative estimate of drug-likeness (QED) is 0.0273. The molecule has 0 aromatic carbocycles. The van der Waals surface area contributed by atoms with Gasteiger partial charge in [-0.05, 0) is 89.9 Å². The molecule has 3 N–H and O–H groups in total. The van der Waals surface area contributed by atoms with Crippen molar-refractivity contribution < 1.29 is 32.8 Å². The van der Waals surface area contributed by atoms with E-state index in [1.54, 1.807) is 0 Å². The van der Waals surface area contributed by atoms with E-state index < -0.39 is 13.9 Å². The summed E-state index contributed by atoms with van der Waals surface area (Å²) in [5.74, 6) is -0.377. The minimum atomic E-state index is -4.30. The second kappa shape index (κ2) is 42.8. The summed E-state index contributed by atoms with van der Waals surface area (Å²) in [6.07, 6.45) is 54.6. The van der Waals surface area contributed by atoms with Crippen molar-refractivity contribution in [2.45, 2.75) is 168 Å². The third-order valence-electron chi connectivity index (χ3n) is 8.55. The molecule has 0 bridgehead atoms. The predicted octanol–water partition coefficient (Wildman–Crippen LogP) is 12.9. The molecule has 0 spiro atoms. The molecule has 2 unspecified atom stereocenters. The third kappa shape index (κ3) is 42.7. The van der Waals surface area contributed by atoms with Crippen LogP contribution < -0.4 is 5.73 Å². The van der Waals surface area contributed by atoms with E-state index in [9.17, 15) is 14.3 Å². The first-order valence-electron chi connectivity index (χ1n) is 21.6. The van der Waals surface area contributed by atoms with Crippen molar-refractivity contribution in [3.05, 3.63) is 85.1 Å². The molecule has 0 aliphatic carbocycles. The third-order valence-corrected chi connectivity index (χ3v) is 9.53. The normalized spacial score (nSPS) is 14.3. The van der Waals surface area contributed by atoms with E-state index in [1.165, 1.54) is 64.2 Å². The highest BCUT2D eigenvalue weighted by atomic mass is 31.2. The van der Waals surface area contributed by atoms with Gasteiger partial charge in [0, 0.05) is 19.6 Å². The number of nitrogens with two attached hydrogens (primary N) is 1. The van der Waals surface area contributed by atoms with E-state index in [0.29, 0.717) is 13.0 Å². The molecule has 0 aromatic rings. The van der Waals surface area contributed by atoms with E-state index in [-0.39, 0.29) is 38.8 Å². The zero-order valence-corrected chi connectivity index (χ0v) is 35.8. The molecule has 0 rings (SSSR count). The Hall–Kier alpha value is -2.32. The van der Waals surface area contributed by atoms with Crippen LogP contribution in [-0.4, -0.2) is 49.9 Å². The van der Waals surface area contributed by atoms with E-state index >= 15 is 0 Å². The Bertz CT molecular complexity index is 1110. The Morgan fingerprint density at radius 1 is 0.564 bits per heavy atom. The van der Waals surface area contributed by atoms with Gasteiger partial charge in [-0.15, -0.1) is 0 Å². The smallest absolute Gasteiger partial charge is 0.457 e. The van der Waals surface area contributed by atoms with Crippen LogP contribution in [0, 0.1) is 0 Å². The maximum absolute atomic E-state index is 12.6. The first-order chi connectivity index (χ1) is 26.9. The number of hydrogen-bond donors (Lipinski definition) is 2. The van der Waals surface area contributed by atoms with Crippen molar-refractivity contribution in [3.8, 4) is 0 Å². The van der Waals surface area contributed by atoms with Gasteiger partial charge in [0.05, 0.1) is 19.8 Å². The molecule has 0 amide bonds. The topological polar surface area (TPSA) is 117 Å². The van der Waals surface area contributed by atoms with Crippen LogP contribution in [0.1, 0.15) is 162 Å². The number of phosphoric ester groups is 1. The highest BCUT2D eigenvalue weighted by Gasteiger charge is 2.25. The van der Waals surface area contributed by atoms with Gasteiger partial charge >= 0.3 is 13.8 Å². The number of hydrogen-bond acceptors (Lipinski definition) is 7. The highest BCUT2D eigenvalue weighted by Crippen LogP contribution is 2.43. The molecular weight excluding hydrogens is 709 g/mol. The van der Waals surface area contributed by atoms with Crippen LogP contribution in [0.15, 0.2) is 85.1 Å². The molecular formula is C46H80NO7P. The van der Waals surface area contributed by atoms with Crippen LogP contribution in [0.5, 0.6) is 0 Å². The standard InChI is InChI=1S/C46H80NO7P/c1-3-5-7-9-11-13-15-17-19-20-21-22-23-24-25-27-29-31-33-35-37-39-46(48)54-45(44-53-55(49,50)52-42-40-47)43-51-41-38-36-34-32-30-28-26-18-16-14-12-10-8-6-4-2/h5,7,11,13,16-19,21-22,24-25,29,31,45H,3-4,6,8-10,12,14-15,20,23,26-28,30,32-44,47H2,1-2H3,(H,49,50)/b7-5-,13-11-,18-16-,19-17-,22-21-,25-24-,31-29-. The Morgan fingerprint density at radius 2 is 1.02 bits per heavy atom. The van der Waals surface area contributed by atoms with Gasteiger partial charge in [0.25, 0.3) is 0 Å². The van der Waals surface area contributed by atoms with Crippen LogP contribution in [0.4, 0.5) is 0 Å². The van der Waals surface area contributed by atoms with Crippen LogP contribution in [0.2, 0.25) is 0 Å². The molecule has 2 atom stereocenters. The van der Waals surface area contributed by atoms with Gasteiger partial charge in [0.1, 0.15) is 6.10 Å². The second-order valence-electron chi connectivity index (χ2n) is 13.8. The Balaban J connectivity index is 4.17. The molecule has 316 valence electrons. The van der Waals surface area contributed by atoms with Gasteiger partial charge in [-0.1, -0.05) is 150 Å². The minimum Gasteiger partial charge on any atom is -0.457 e. The fraction of sp³-hybridized carbons (Fsp3) is 0.674. The summed E-state index contributed by atoms with van der Waals surface area (Å²) in [5, 5.41) is 0. The summed E-state index contributed by atoms with van der Waals surface area (Å²) in [5.41, 5.74) is 5.36. The Morgan fingerprint density at radius 3 is 1.55 bits per heavy atom. The van der Waals surface area contributed by atoms with Crippen LogP contribution in [-0.2, 0) is 27.9 Å². The molecule has 0 radical (unpaired) electrons. The van der Waals surface area contributed by atoms with Gasteiger partial charge in [-0.25, -0.2) is 4.57 Å². The van der Waals surface area contributed by atoms with Crippen molar-refractivity contribution >= 4 is 13.8 Å². The van der Waals surface area contributed by atoms with Gasteiger partial charge in [0.15, 0.2) is 0 Å². The van der Waals surface area contributed by atoms with Crippen molar-refractivity contribution in [2.24, 2.45) is 5.73 Å². The monoisotopic (exact) mass is 790 g/mol. The average molecular weight is 790 g/mol. The predicted molar refractivity (Wildman–Crippen MR) is 233 cm³/mol. The van der Waals surface area contributed by atoms with Crippen molar-refractivity contribution in [2.75, 3.05) is 33.0 Å². The summed E-state index contributed by atoms with van der Waals surface area (Å²) in [7, 11) is -4.30. The molecule has 8 nitrogen and oxygen atoms in total. The van der Waals surface area contributed by atoms with Gasteiger partial charge in [0.2, 0.25) is 0 Å². The number of carbonyl (C=O) groups is 1. The van der Waals surface area contributed by atoms with E-state index in [4.69, 9.17) is 24.3 Å². The molecule has 0 aliphatic heterocycles. The SMILES string of the molecule is CC/C=C\C/C=C\C/C=C\C/C=C\C/C=C\C/C=C\CCCCC(=O)OC(COCCCCCCCC/C=C\CCCCCCC)COP(=O)(O)OCCN. The maximum atomic E-state index is 12.6. The largest absolute Gasteiger partial charge is 0.472 e. The fourth-order valence-corrected chi connectivity index (χ4v) is 6.17. The highest BCUT2D eigenvalue weighted by molar-refractivity contribution is 7.47. The zero-order chi connectivity index (χ0) is 40.2. The molecule has 0 heterocycles.